The molecule has 3 N–H and O–H groups in total. The molecule has 1 unspecified atom stereocenters. The fraction of sp³-hybridized carbons (Fsp3) is 0.250. The highest BCUT2D eigenvalue weighted by molar-refractivity contribution is 5.88. The van der Waals surface area contributed by atoms with Crippen LogP contribution in [0.25, 0.3) is 0 Å². The number of Topliss-reactive ketones (excluding diaryl/α,β-unsaturated/α-hetero) is 1. The molecule has 20 heavy (non-hydrogen) atoms. The van der Waals surface area contributed by atoms with E-state index < -0.39 is 0 Å². The molecule has 1 aromatic carbocycles. The van der Waals surface area contributed by atoms with E-state index in [1.807, 2.05) is 24.3 Å². The zero-order valence-corrected chi connectivity index (χ0v) is 11.2. The van der Waals surface area contributed by atoms with Crippen LogP contribution in [-0.2, 0) is 17.6 Å². The molecule has 1 aliphatic heterocycles. The van der Waals surface area contributed by atoms with Crippen molar-refractivity contribution in [2.75, 3.05) is 12.3 Å². The first kappa shape index (κ1) is 12.8. The number of aromatic nitrogens is 1. The van der Waals surface area contributed by atoms with Gasteiger partial charge >= 0.3 is 0 Å². The Morgan fingerprint density at radius 2 is 2.20 bits per heavy atom. The molecule has 2 heterocycles. The number of carbonyl (C=O) groups excluding carboxylic acids is 1. The molecule has 0 saturated carbocycles. The second kappa shape index (κ2) is 5.43. The van der Waals surface area contributed by atoms with E-state index in [2.05, 4.69) is 16.4 Å². The van der Waals surface area contributed by atoms with Gasteiger partial charge in [0, 0.05) is 19.2 Å². The summed E-state index contributed by atoms with van der Waals surface area (Å²) < 4.78 is 0. The molecule has 4 heteroatoms. The van der Waals surface area contributed by atoms with Crippen LogP contribution in [0.4, 0.5) is 5.82 Å². The third kappa shape index (κ3) is 2.56. The second-order valence-corrected chi connectivity index (χ2v) is 5.07. The van der Waals surface area contributed by atoms with Gasteiger partial charge in [0.1, 0.15) is 5.82 Å². The first-order valence-corrected chi connectivity index (χ1v) is 6.78. The average molecular weight is 267 g/mol. The molecule has 1 atom stereocenters. The number of nitrogen functional groups attached to an aromatic ring is 1. The predicted molar refractivity (Wildman–Crippen MR) is 78.3 cm³/mol. The fourth-order valence-corrected chi connectivity index (χ4v) is 2.70. The van der Waals surface area contributed by atoms with Crippen LogP contribution in [0.3, 0.4) is 0 Å². The number of nitrogens with two attached hydrogens (primary N) is 1. The lowest BCUT2D eigenvalue weighted by Gasteiger charge is -2.25. The first-order valence-electron chi connectivity index (χ1n) is 6.78. The van der Waals surface area contributed by atoms with Crippen LogP contribution >= 0.6 is 0 Å². The minimum atomic E-state index is -0.214. The standard InChI is InChI=1S/C16H17N3O/c17-15-10-11(5-7-18-15)9-14(20)16-13-4-2-1-3-12(13)6-8-19-16/h1-5,7,10,16,19H,6,8-9H2,(H2,17,18). The molecule has 0 aliphatic carbocycles. The Bertz CT molecular complexity index is 639. The monoisotopic (exact) mass is 267 g/mol. The summed E-state index contributed by atoms with van der Waals surface area (Å²) in [7, 11) is 0. The summed E-state index contributed by atoms with van der Waals surface area (Å²) in [6.07, 6.45) is 2.99. The van der Waals surface area contributed by atoms with Crippen LogP contribution in [-0.4, -0.2) is 17.3 Å². The number of hydrogen-bond acceptors (Lipinski definition) is 4. The van der Waals surface area contributed by atoms with Gasteiger partial charge in [-0.1, -0.05) is 24.3 Å². The van der Waals surface area contributed by atoms with Crippen LogP contribution in [0.5, 0.6) is 0 Å². The Morgan fingerprint density at radius 3 is 3.05 bits per heavy atom. The van der Waals surface area contributed by atoms with Gasteiger partial charge in [0.25, 0.3) is 0 Å². The van der Waals surface area contributed by atoms with E-state index in [1.165, 1.54) is 5.56 Å². The molecule has 4 nitrogen and oxygen atoms in total. The van der Waals surface area contributed by atoms with E-state index in [4.69, 9.17) is 5.73 Å². The molecule has 0 spiro atoms. The molecule has 3 rings (SSSR count). The lowest BCUT2D eigenvalue weighted by atomic mass is 9.90. The first-order chi connectivity index (χ1) is 9.74. The molecule has 0 bridgehead atoms. The lowest BCUT2D eigenvalue weighted by molar-refractivity contribution is -0.120. The molecule has 2 aromatic rings. The molecule has 1 aromatic heterocycles. The number of nitrogens with zero attached hydrogens (tertiary/aromatic N) is 1. The topological polar surface area (TPSA) is 68.0 Å². The number of pyridine rings is 1. The lowest BCUT2D eigenvalue weighted by Crippen LogP contribution is -2.35. The number of nitrogens with one attached hydrogen (secondary N) is 1. The van der Waals surface area contributed by atoms with Crippen molar-refractivity contribution >= 4 is 11.6 Å². The van der Waals surface area contributed by atoms with Gasteiger partial charge in [-0.2, -0.15) is 0 Å². The van der Waals surface area contributed by atoms with Gasteiger partial charge in [0.2, 0.25) is 0 Å². The summed E-state index contributed by atoms with van der Waals surface area (Å²) in [6.45, 7) is 0.839. The van der Waals surface area contributed by atoms with Crippen molar-refractivity contribution in [1.82, 2.24) is 10.3 Å². The van der Waals surface area contributed by atoms with Crippen LogP contribution in [0, 0.1) is 0 Å². The van der Waals surface area contributed by atoms with Crippen LogP contribution in [0.2, 0.25) is 0 Å². The highest BCUT2D eigenvalue weighted by atomic mass is 16.1. The molecule has 0 fully saturated rings. The summed E-state index contributed by atoms with van der Waals surface area (Å²) in [5.74, 6) is 0.620. The second-order valence-electron chi connectivity index (χ2n) is 5.07. The Labute approximate surface area is 118 Å². The molecule has 0 saturated heterocycles. The van der Waals surface area contributed by atoms with E-state index >= 15 is 0 Å². The number of anilines is 1. The fourth-order valence-electron chi connectivity index (χ4n) is 2.70. The van der Waals surface area contributed by atoms with Gasteiger partial charge in [-0.15, -0.1) is 0 Å². The van der Waals surface area contributed by atoms with Crippen molar-refractivity contribution in [2.24, 2.45) is 0 Å². The SMILES string of the molecule is Nc1cc(CC(=O)C2NCCc3ccccc32)ccn1. The highest BCUT2D eigenvalue weighted by Gasteiger charge is 2.25. The number of carbonyl (C=O) groups is 1. The van der Waals surface area contributed by atoms with E-state index in [9.17, 15) is 4.79 Å². The third-order valence-electron chi connectivity index (χ3n) is 3.65. The molecular weight excluding hydrogens is 250 g/mol. The Morgan fingerprint density at radius 1 is 1.35 bits per heavy atom. The van der Waals surface area contributed by atoms with Crippen molar-refractivity contribution in [3.05, 3.63) is 59.3 Å². The molecular formula is C16H17N3O. The summed E-state index contributed by atoms with van der Waals surface area (Å²) >= 11 is 0. The normalized spacial score (nSPS) is 17.5. The van der Waals surface area contributed by atoms with Gasteiger partial charge < -0.3 is 11.1 Å². The van der Waals surface area contributed by atoms with Gasteiger partial charge in [0.15, 0.2) is 5.78 Å². The molecule has 1 aliphatic rings. The van der Waals surface area contributed by atoms with Crippen LogP contribution < -0.4 is 11.1 Å². The molecule has 0 amide bonds. The molecule has 0 radical (unpaired) electrons. The summed E-state index contributed by atoms with van der Waals surface area (Å²) in [5, 5.41) is 3.31. The number of rotatable bonds is 3. The number of ketones is 1. The van der Waals surface area contributed by atoms with Crippen LogP contribution in [0.15, 0.2) is 42.6 Å². The van der Waals surface area contributed by atoms with Crippen molar-refractivity contribution in [3.8, 4) is 0 Å². The van der Waals surface area contributed by atoms with Crippen molar-refractivity contribution < 1.29 is 4.79 Å². The van der Waals surface area contributed by atoms with Crippen molar-refractivity contribution in [1.29, 1.82) is 0 Å². The average Bonchev–Trinajstić information content (AvgIpc) is 2.46. The molecule has 102 valence electrons. The van der Waals surface area contributed by atoms with Crippen LogP contribution in [0.1, 0.15) is 22.7 Å². The smallest absolute Gasteiger partial charge is 0.158 e. The largest absolute Gasteiger partial charge is 0.384 e. The van der Waals surface area contributed by atoms with Crippen molar-refractivity contribution in [3.63, 3.8) is 0 Å². The Hall–Kier alpha value is -2.20. The zero-order valence-electron chi connectivity index (χ0n) is 11.2. The van der Waals surface area contributed by atoms with Gasteiger partial charge in [-0.3, -0.25) is 4.79 Å². The van der Waals surface area contributed by atoms with Gasteiger partial charge in [-0.05, 0) is 35.2 Å². The third-order valence-corrected chi connectivity index (χ3v) is 3.65. The maximum atomic E-state index is 12.5. The minimum Gasteiger partial charge on any atom is -0.384 e. The van der Waals surface area contributed by atoms with Gasteiger partial charge in [0.05, 0.1) is 6.04 Å². The summed E-state index contributed by atoms with van der Waals surface area (Å²) in [4.78, 5) is 16.5. The van der Waals surface area contributed by atoms with E-state index in [-0.39, 0.29) is 11.8 Å². The zero-order chi connectivity index (χ0) is 13.9. The maximum absolute atomic E-state index is 12.5. The summed E-state index contributed by atoms with van der Waals surface area (Å²) in [6, 6.07) is 11.5. The number of benzene rings is 1. The Balaban J connectivity index is 1.82. The number of hydrogen-bond donors (Lipinski definition) is 2. The Kier molecular flexibility index (Phi) is 3.48. The van der Waals surface area contributed by atoms with E-state index in [0.717, 1.165) is 24.1 Å². The number of fused-ring (bicyclic) bond motifs is 1. The minimum absolute atomic E-state index is 0.169. The quantitative estimate of drug-likeness (QED) is 0.887. The summed E-state index contributed by atoms with van der Waals surface area (Å²) in [5.41, 5.74) is 8.93. The highest BCUT2D eigenvalue weighted by Crippen LogP contribution is 2.24. The van der Waals surface area contributed by atoms with Crippen molar-refractivity contribution in [2.45, 2.75) is 18.9 Å². The maximum Gasteiger partial charge on any atom is 0.158 e. The predicted octanol–water partition coefficient (Wildman–Crippen LogP) is 1.66. The van der Waals surface area contributed by atoms with Gasteiger partial charge in [-0.25, -0.2) is 4.98 Å². The van der Waals surface area contributed by atoms with E-state index in [1.54, 1.807) is 12.3 Å². The van der Waals surface area contributed by atoms with E-state index in [0.29, 0.717) is 12.2 Å².